The van der Waals surface area contributed by atoms with Gasteiger partial charge in [0, 0.05) is 36.7 Å². The maximum absolute atomic E-state index is 14.1. The Morgan fingerprint density at radius 3 is 2.80 bits per heavy atom. The summed E-state index contributed by atoms with van der Waals surface area (Å²) in [5, 5.41) is 8.68. The van der Waals surface area contributed by atoms with Gasteiger partial charge in [0.25, 0.3) is 0 Å². The summed E-state index contributed by atoms with van der Waals surface area (Å²) in [5.74, 6) is 5.30. The van der Waals surface area contributed by atoms with Crippen LogP contribution in [-0.2, 0) is 6.54 Å². The van der Waals surface area contributed by atoms with Crippen molar-refractivity contribution < 1.29 is 4.39 Å². The molecule has 0 heterocycles. The molecule has 0 unspecified atom stereocenters. The molecule has 0 saturated heterocycles. The van der Waals surface area contributed by atoms with E-state index in [-0.39, 0.29) is 12.4 Å². The van der Waals surface area contributed by atoms with E-state index in [4.69, 9.17) is 11.0 Å². The lowest BCUT2D eigenvalue weighted by molar-refractivity contribution is 0.257. The Labute approximate surface area is 119 Å². The number of nitrogens with zero attached hydrogens (tertiary/aromatic N) is 2. The predicted octanol–water partition coefficient (Wildman–Crippen LogP) is 2.01. The molecule has 1 fully saturated rings. The molecule has 0 atom stereocenters. The van der Waals surface area contributed by atoms with Crippen LogP contribution in [-0.4, -0.2) is 24.0 Å². The lowest BCUT2D eigenvalue weighted by Gasteiger charge is -2.21. The van der Waals surface area contributed by atoms with Gasteiger partial charge in [0.2, 0.25) is 0 Å². The summed E-state index contributed by atoms with van der Waals surface area (Å²) in [6.07, 6.45) is 2.78. The molecule has 0 aromatic heterocycles. The predicted molar refractivity (Wildman–Crippen MR) is 76.0 cm³/mol. The Bertz CT molecular complexity index is 561. The van der Waals surface area contributed by atoms with Gasteiger partial charge >= 0.3 is 0 Å². The van der Waals surface area contributed by atoms with Gasteiger partial charge in [0.05, 0.1) is 12.6 Å². The summed E-state index contributed by atoms with van der Waals surface area (Å²) in [6.45, 7) is 1.53. The maximum atomic E-state index is 14.1. The molecule has 2 N–H and O–H groups in total. The van der Waals surface area contributed by atoms with E-state index in [2.05, 4.69) is 22.8 Å². The lowest BCUT2D eigenvalue weighted by Crippen LogP contribution is -2.27. The van der Waals surface area contributed by atoms with Crippen LogP contribution in [0.2, 0.25) is 0 Å². The van der Waals surface area contributed by atoms with Crippen molar-refractivity contribution in [2.45, 2.75) is 31.8 Å². The van der Waals surface area contributed by atoms with Crippen molar-refractivity contribution in [3.8, 4) is 17.9 Å². The smallest absolute Gasteiger partial charge is 0.128 e. The quantitative estimate of drug-likeness (QED) is 0.834. The first-order chi connectivity index (χ1) is 9.74. The van der Waals surface area contributed by atoms with Gasteiger partial charge in [-0.25, -0.2) is 4.39 Å². The van der Waals surface area contributed by atoms with Gasteiger partial charge in [0.15, 0.2) is 0 Å². The third-order valence-corrected chi connectivity index (χ3v) is 3.34. The Morgan fingerprint density at radius 1 is 1.40 bits per heavy atom. The Morgan fingerprint density at radius 2 is 2.20 bits per heavy atom. The molecular weight excluding hydrogens is 253 g/mol. The topological polar surface area (TPSA) is 53.0 Å². The fourth-order valence-corrected chi connectivity index (χ4v) is 2.15. The minimum atomic E-state index is -0.239. The van der Waals surface area contributed by atoms with Crippen LogP contribution in [0.5, 0.6) is 0 Å². The normalized spacial score (nSPS) is 13.7. The molecule has 0 bridgehead atoms. The summed E-state index contributed by atoms with van der Waals surface area (Å²) in [5.41, 5.74) is 6.60. The maximum Gasteiger partial charge on any atom is 0.128 e. The molecule has 104 valence electrons. The van der Waals surface area contributed by atoms with Gasteiger partial charge < -0.3 is 5.73 Å². The number of nitriles is 1. The van der Waals surface area contributed by atoms with E-state index in [0.29, 0.717) is 36.7 Å². The van der Waals surface area contributed by atoms with Gasteiger partial charge in [-0.1, -0.05) is 17.9 Å². The molecular formula is C16H18FN3. The third-order valence-electron chi connectivity index (χ3n) is 3.34. The molecule has 20 heavy (non-hydrogen) atoms. The minimum absolute atomic E-state index is 0.239. The first-order valence-corrected chi connectivity index (χ1v) is 6.83. The van der Waals surface area contributed by atoms with Crippen LogP contribution in [0.15, 0.2) is 18.2 Å². The van der Waals surface area contributed by atoms with Gasteiger partial charge in [-0.3, -0.25) is 4.90 Å². The molecule has 4 heteroatoms. The van der Waals surface area contributed by atoms with Gasteiger partial charge in [-0.05, 0) is 25.0 Å². The molecule has 1 aliphatic carbocycles. The van der Waals surface area contributed by atoms with Crippen molar-refractivity contribution in [3.63, 3.8) is 0 Å². The first-order valence-electron chi connectivity index (χ1n) is 6.83. The number of hydrogen-bond acceptors (Lipinski definition) is 3. The summed E-state index contributed by atoms with van der Waals surface area (Å²) in [4.78, 5) is 2.19. The zero-order chi connectivity index (χ0) is 14.4. The van der Waals surface area contributed by atoms with Crippen molar-refractivity contribution in [3.05, 3.63) is 35.1 Å². The van der Waals surface area contributed by atoms with Crippen molar-refractivity contribution >= 4 is 0 Å². The number of hydrogen-bond donors (Lipinski definition) is 1. The van der Waals surface area contributed by atoms with E-state index in [1.54, 1.807) is 6.07 Å². The Hall–Kier alpha value is -1.88. The summed E-state index contributed by atoms with van der Waals surface area (Å²) < 4.78 is 14.1. The summed E-state index contributed by atoms with van der Waals surface area (Å²) in [7, 11) is 0. The van der Waals surface area contributed by atoms with Crippen LogP contribution in [0, 0.1) is 29.0 Å². The second-order valence-corrected chi connectivity index (χ2v) is 4.92. The Balaban J connectivity index is 2.06. The average Bonchev–Trinajstić information content (AvgIpc) is 3.27. The number of benzene rings is 1. The van der Waals surface area contributed by atoms with Gasteiger partial charge in [-0.2, -0.15) is 5.26 Å². The minimum Gasteiger partial charge on any atom is -0.320 e. The molecule has 1 aliphatic rings. The first kappa shape index (κ1) is 14.5. The fraction of sp³-hybridized carbons (Fsp3) is 0.438. The summed E-state index contributed by atoms with van der Waals surface area (Å²) >= 11 is 0. The molecule has 0 spiro atoms. The third kappa shape index (κ3) is 4.06. The molecule has 1 aromatic carbocycles. The van der Waals surface area contributed by atoms with E-state index in [1.807, 2.05) is 6.07 Å². The molecule has 1 saturated carbocycles. The van der Waals surface area contributed by atoms with E-state index in [1.165, 1.54) is 6.07 Å². The highest BCUT2D eigenvalue weighted by atomic mass is 19.1. The fourth-order valence-electron chi connectivity index (χ4n) is 2.15. The van der Waals surface area contributed by atoms with Crippen LogP contribution in [0.25, 0.3) is 0 Å². The van der Waals surface area contributed by atoms with E-state index in [9.17, 15) is 4.39 Å². The zero-order valence-electron chi connectivity index (χ0n) is 11.4. The average molecular weight is 271 g/mol. The van der Waals surface area contributed by atoms with E-state index < -0.39 is 0 Å². The van der Waals surface area contributed by atoms with E-state index in [0.717, 1.165) is 12.8 Å². The second kappa shape index (κ2) is 7.05. The van der Waals surface area contributed by atoms with Gasteiger partial charge in [0.1, 0.15) is 5.82 Å². The lowest BCUT2D eigenvalue weighted by atomic mass is 10.1. The molecule has 2 rings (SSSR count). The SMILES string of the molecule is N#CCCN(Cc1ccc(C#CCN)cc1F)C1CC1. The van der Waals surface area contributed by atoms with Crippen molar-refractivity contribution in [1.29, 1.82) is 5.26 Å². The van der Waals surface area contributed by atoms with Crippen molar-refractivity contribution in [2.24, 2.45) is 5.73 Å². The highest BCUT2D eigenvalue weighted by Crippen LogP contribution is 2.28. The molecule has 3 nitrogen and oxygen atoms in total. The van der Waals surface area contributed by atoms with E-state index >= 15 is 0 Å². The van der Waals surface area contributed by atoms with Gasteiger partial charge in [-0.15, -0.1) is 0 Å². The number of rotatable bonds is 5. The molecule has 1 aromatic rings. The van der Waals surface area contributed by atoms with Crippen LogP contribution in [0.3, 0.4) is 0 Å². The summed E-state index contributed by atoms with van der Waals surface area (Å²) in [6, 6.07) is 7.70. The molecule has 0 amide bonds. The number of nitrogens with two attached hydrogens (primary N) is 1. The van der Waals surface area contributed by atoms with Crippen LogP contribution in [0.1, 0.15) is 30.4 Å². The van der Waals surface area contributed by atoms with Crippen LogP contribution >= 0.6 is 0 Å². The van der Waals surface area contributed by atoms with Crippen LogP contribution < -0.4 is 5.73 Å². The largest absolute Gasteiger partial charge is 0.320 e. The molecule has 0 aliphatic heterocycles. The van der Waals surface area contributed by atoms with Crippen molar-refractivity contribution in [2.75, 3.05) is 13.1 Å². The second-order valence-electron chi connectivity index (χ2n) is 4.92. The van der Waals surface area contributed by atoms with Crippen molar-refractivity contribution in [1.82, 2.24) is 4.90 Å². The van der Waals surface area contributed by atoms with Crippen LogP contribution in [0.4, 0.5) is 4.39 Å². The highest BCUT2D eigenvalue weighted by molar-refractivity contribution is 5.37. The highest BCUT2D eigenvalue weighted by Gasteiger charge is 2.28. The zero-order valence-corrected chi connectivity index (χ0v) is 11.4. The molecule has 0 radical (unpaired) electrons. The standard InChI is InChI=1S/C16H18FN3/c17-16-11-13(3-1-8-18)4-5-14(16)12-20(10-2-9-19)15-6-7-15/h4-5,11,15H,2,6-8,10,12,18H2. The monoisotopic (exact) mass is 271 g/mol. The Kier molecular flexibility index (Phi) is 5.12. The number of halogens is 1.